The summed E-state index contributed by atoms with van der Waals surface area (Å²) in [6.07, 6.45) is 0.573. The number of benzene rings is 1. The molecule has 1 amide bonds. The van der Waals surface area contributed by atoms with Gasteiger partial charge in [-0.25, -0.2) is 4.39 Å². The maximum absolute atomic E-state index is 12.8. The maximum Gasteiger partial charge on any atom is 0.223 e. The van der Waals surface area contributed by atoms with E-state index >= 15 is 0 Å². The highest BCUT2D eigenvalue weighted by Crippen LogP contribution is 2.17. The first-order valence-corrected chi connectivity index (χ1v) is 6.36. The standard InChI is InChI=1S/C14H16FN3O/c15-12-3-5-13(6-4-12)17-8-10-18(11-9-17)14(19)2-1-7-16/h3-6H,1-2,8-11H2. The van der Waals surface area contributed by atoms with Gasteiger partial charge in [-0.1, -0.05) is 0 Å². The van der Waals surface area contributed by atoms with Crippen LogP contribution in [0.2, 0.25) is 0 Å². The number of halogens is 1. The van der Waals surface area contributed by atoms with Gasteiger partial charge in [-0.2, -0.15) is 5.26 Å². The summed E-state index contributed by atoms with van der Waals surface area (Å²) in [7, 11) is 0. The van der Waals surface area contributed by atoms with Crippen LogP contribution in [-0.2, 0) is 4.79 Å². The molecule has 0 aromatic heterocycles. The monoisotopic (exact) mass is 261 g/mol. The van der Waals surface area contributed by atoms with Gasteiger partial charge in [0.05, 0.1) is 6.07 Å². The van der Waals surface area contributed by atoms with E-state index < -0.39 is 0 Å². The number of amides is 1. The van der Waals surface area contributed by atoms with Gasteiger partial charge in [-0.15, -0.1) is 0 Å². The first-order valence-electron chi connectivity index (χ1n) is 6.36. The molecule has 19 heavy (non-hydrogen) atoms. The second-order valence-electron chi connectivity index (χ2n) is 4.50. The third kappa shape index (κ3) is 3.44. The van der Waals surface area contributed by atoms with Crippen LogP contribution in [0.1, 0.15) is 12.8 Å². The second kappa shape index (κ2) is 6.19. The fourth-order valence-electron chi connectivity index (χ4n) is 2.19. The molecule has 0 saturated carbocycles. The molecule has 1 aliphatic rings. The van der Waals surface area contributed by atoms with Gasteiger partial charge in [-0.3, -0.25) is 4.79 Å². The number of nitrogens with zero attached hydrogens (tertiary/aromatic N) is 3. The molecular formula is C14H16FN3O. The minimum Gasteiger partial charge on any atom is -0.368 e. The lowest BCUT2D eigenvalue weighted by Gasteiger charge is -2.36. The van der Waals surface area contributed by atoms with Crippen LogP contribution in [0.3, 0.4) is 0 Å². The number of hydrogen-bond acceptors (Lipinski definition) is 3. The number of carbonyl (C=O) groups excluding carboxylic acids is 1. The van der Waals surface area contributed by atoms with E-state index in [1.54, 1.807) is 17.0 Å². The molecule has 1 saturated heterocycles. The molecule has 1 aromatic carbocycles. The molecule has 4 nitrogen and oxygen atoms in total. The van der Waals surface area contributed by atoms with Crippen LogP contribution in [0.5, 0.6) is 0 Å². The zero-order valence-electron chi connectivity index (χ0n) is 10.7. The van der Waals surface area contributed by atoms with E-state index in [9.17, 15) is 9.18 Å². The van der Waals surface area contributed by atoms with Crippen molar-refractivity contribution in [2.24, 2.45) is 0 Å². The Morgan fingerprint density at radius 1 is 1.21 bits per heavy atom. The first-order chi connectivity index (χ1) is 9.20. The van der Waals surface area contributed by atoms with E-state index in [4.69, 9.17) is 5.26 Å². The highest BCUT2D eigenvalue weighted by Gasteiger charge is 2.20. The SMILES string of the molecule is N#CCCC(=O)N1CCN(c2ccc(F)cc2)CC1. The predicted octanol–water partition coefficient (Wildman–Crippen LogP) is 1.78. The largest absolute Gasteiger partial charge is 0.368 e. The molecule has 5 heteroatoms. The van der Waals surface area contributed by atoms with Crippen molar-refractivity contribution < 1.29 is 9.18 Å². The van der Waals surface area contributed by atoms with E-state index in [1.165, 1.54) is 12.1 Å². The summed E-state index contributed by atoms with van der Waals surface area (Å²) in [5.41, 5.74) is 0.977. The van der Waals surface area contributed by atoms with Gasteiger partial charge in [0.15, 0.2) is 0 Å². The third-order valence-electron chi connectivity index (χ3n) is 3.27. The van der Waals surface area contributed by atoms with Crippen molar-refractivity contribution in [3.8, 4) is 6.07 Å². The summed E-state index contributed by atoms with van der Waals surface area (Å²) in [6.45, 7) is 2.79. The van der Waals surface area contributed by atoms with Crippen molar-refractivity contribution in [2.75, 3.05) is 31.1 Å². The fraction of sp³-hybridized carbons (Fsp3) is 0.429. The molecule has 1 heterocycles. The van der Waals surface area contributed by atoms with Crippen LogP contribution in [0.4, 0.5) is 10.1 Å². The maximum atomic E-state index is 12.8. The Bertz CT molecular complexity index is 472. The number of nitriles is 1. The summed E-state index contributed by atoms with van der Waals surface area (Å²) >= 11 is 0. The van der Waals surface area contributed by atoms with Crippen LogP contribution >= 0.6 is 0 Å². The van der Waals surface area contributed by atoms with Crippen molar-refractivity contribution in [1.29, 1.82) is 5.26 Å². The Balaban J connectivity index is 1.87. The third-order valence-corrected chi connectivity index (χ3v) is 3.27. The van der Waals surface area contributed by atoms with Gasteiger partial charge in [0.2, 0.25) is 5.91 Å². The van der Waals surface area contributed by atoms with Crippen LogP contribution in [0, 0.1) is 17.1 Å². The summed E-state index contributed by atoms with van der Waals surface area (Å²) < 4.78 is 12.8. The molecule has 2 rings (SSSR count). The normalized spacial score (nSPS) is 15.2. The zero-order valence-corrected chi connectivity index (χ0v) is 10.7. The summed E-state index contributed by atoms with van der Waals surface area (Å²) in [4.78, 5) is 15.7. The number of carbonyl (C=O) groups is 1. The van der Waals surface area contributed by atoms with Crippen molar-refractivity contribution >= 4 is 11.6 Å². The quantitative estimate of drug-likeness (QED) is 0.833. The van der Waals surface area contributed by atoms with Gasteiger partial charge in [0, 0.05) is 44.7 Å². The Labute approximate surface area is 112 Å². The predicted molar refractivity (Wildman–Crippen MR) is 70.0 cm³/mol. The molecule has 1 fully saturated rings. The minimum atomic E-state index is -0.242. The molecule has 0 radical (unpaired) electrons. The number of piperazine rings is 1. The highest BCUT2D eigenvalue weighted by molar-refractivity contribution is 5.76. The lowest BCUT2D eigenvalue weighted by atomic mass is 10.2. The van der Waals surface area contributed by atoms with Crippen molar-refractivity contribution in [3.63, 3.8) is 0 Å². The van der Waals surface area contributed by atoms with E-state index in [0.717, 1.165) is 18.8 Å². The summed E-state index contributed by atoms with van der Waals surface area (Å²) in [5.74, 6) is -0.200. The number of hydrogen-bond donors (Lipinski definition) is 0. The molecule has 0 unspecified atom stereocenters. The average Bonchev–Trinajstić information content (AvgIpc) is 2.46. The minimum absolute atomic E-state index is 0.0420. The van der Waals surface area contributed by atoms with E-state index in [2.05, 4.69) is 4.90 Å². The Morgan fingerprint density at radius 2 is 1.84 bits per heavy atom. The lowest BCUT2D eigenvalue weighted by Crippen LogP contribution is -2.48. The molecule has 0 N–H and O–H groups in total. The van der Waals surface area contributed by atoms with Crippen LogP contribution in [0.25, 0.3) is 0 Å². The van der Waals surface area contributed by atoms with Gasteiger partial charge in [-0.05, 0) is 24.3 Å². The molecule has 0 bridgehead atoms. The fourth-order valence-corrected chi connectivity index (χ4v) is 2.19. The molecule has 1 aliphatic heterocycles. The van der Waals surface area contributed by atoms with Crippen molar-refractivity contribution in [2.45, 2.75) is 12.8 Å². The topological polar surface area (TPSA) is 47.3 Å². The summed E-state index contributed by atoms with van der Waals surface area (Å²) in [5, 5.41) is 8.47. The summed E-state index contributed by atoms with van der Waals surface area (Å²) in [6, 6.07) is 8.38. The van der Waals surface area contributed by atoms with Crippen LogP contribution < -0.4 is 4.90 Å². The second-order valence-corrected chi connectivity index (χ2v) is 4.50. The van der Waals surface area contributed by atoms with Gasteiger partial charge < -0.3 is 9.80 Å². The molecule has 0 spiro atoms. The smallest absolute Gasteiger partial charge is 0.223 e. The van der Waals surface area contributed by atoms with E-state index in [-0.39, 0.29) is 18.1 Å². The van der Waals surface area contributed by atoms with Gasteiger partial charge in [0.25, 0.3) is 0 Å². The van der Waals surface area contributed by atoms with E-state index in [0.29, 0.717) is 19.5 Å². The Morgan fingerprint density at radius 3 is 2.42 bits per heavy atom. The number of anilines is 1. The first kappa shape index (κ1) is 13.3. The molecule has 0 aliphatic carbocycles. The van der Waals surface area contributed by atoms with Gasteiger partial charge >= 0.3 is 0 Å². The van der Waals surface area contributed by atoms with E-state index in [1.807, 2.05) is 6.07 Å². The zero-order chi connectivity index (χ0) is 13.7. The molecule has 1 aromatic rings. The average molecular weight is 261 g/mol. The Hall–Kier alpha value is -2.09. The molecule has 0 atom stereocenters. The van der Waals surface area contributed by atoms with Gasteiger partial charge in [0.1, 0.15) is 5.82 Å². The molecular weight excluding hydrogens is 245 g/mol. The lowest BCUT2D eigenvalue weighted by molar-refractivity contribution is -0.131. The molecule has 100 valence electrons. The highest BCUT2D eigenvalue weighted by atomic mass is 19.1. The van der Waals surface area contributed by atoms with Crippen LogP contribution in [-0.4, -0.2) is 37.0 Å². The van der Waals surface area contributed by atoms with Crippen molar-refractivity contribution in [3.05, 3.63) is 30.1 Å². The Kier molecular flexibility index (Phi) is 4.35. The van der Waals surface area contributed by atoms with Crippen molar-refractivity contribution in [1.82, 2.24) is 4.90 Å². The number of rotatable bonds is 3. The van der Waals surface area contributed by atoms with Crippen LogP contribution in [0.15, 0.2) is 24.3 Å².